The van der Waals surface area contributed by atoms with Crippen molar-refractivity contribution in [2.45, 2.75) is 25.7 Å². The van der Waals surface area contributed by atoms with Crippen molar-refractivity contribution in [3.8, 4) is 0 Å². The van der Waals surface area contributed by atoms with Crippen LogP contribution in [0.15, 0.2) is 22.9 Å². The number of nitrogens with one attached hydrogen (secondary N) is 1. The number of anilines is 1. The van der Waals surface area contributed by atoms with Gasteiger partial charge in [0.1, 0.15) is 0 Å². The molecule has 2 saturated heterocycles. The highest BCUT2D eigenvalue weighted by atomic mass is 32.1. The van der Waals surface area contributed by atoms with Crippen LogP contribution in [0.1, 0.15) is 23.4 Å². The van der Waals surface area contributed by atoms with Crippen LogP contribution in [-0.2, 0) is 27.2 Å². The summed E-state index contributed by atoms with van der Waals surface area (Å²) in [6.07, 6.45) is 1.98. The van der Waals surface area contributed by atoms with E-state index < -0.39 is 0 Å². The van der Waals surface area contributed by atoms with E-state index in [-0.39, 0.29) is 30.1 Å². The molecule has 0 atom stereocenters. The number of likely N-dealkylation sites (tertiary alicyclic amines) is 1. The lowest BCUT2D eigenvalue weighted by molar-refractivity contribution is -0.141. The molecule has 0 unspecified atom stereocenters. The Labute approximate surface area is 196 Å². The van der Waals surface area contributed by atoms with Gasteiger partial charge in [-0.15, -0.1) is 22.7 Å². The Balaban J connectivity index is 1.21. The van der Waals surface area contributed by atoms with E-state index in [2.05, 4.69) is 22.2 Å². The van der Waals surface area contributed by atoms with Gasteiger partial charge in [-0.2, -0.15) is 0 Å². The predicted octanol–water partition coefficient (Wildman–Crippen LogP) is 1.94. The molecule has 0 aromatic carbocycles. The van der Waals surface area contributed by atoms with Gasteiger partial charge in [-0.1, -0.05) is 6.07 Å². The van der Waals surface area contributed by atoms with Gasteiger partial charge in [0.25, 0.3) is 0 Å². The minimum atomic E-state index is -0.105. The third-order valence-electron chi connectivity index (χ3n) is 6.06. The number of nitrogens with zero attached hydrogens (tertiary/aromatic N) is 4. The van der Waals surface area contributed by atoms with Gasteiger partial charge in [0.05, 0.1) is 18.5 Å². The van der Waals surface area contributed by atoms with Crippen LogP contribution in [0.4, 0.5) is 5.13 Å². The molecule has 2 aliphatic heterocycles. The molecule has 1 N–H and O–H groups in total. The average molecular weight is 476 g/mol. The zero-order valence-electron chi connectivity index (χ0n) is 18.3. The fourth-order valence-corrected chi connectivity index (χ4v) is 5.54. The molecule has 0 spiro atoms. The molecule has 0 saturated carbocycles. The lowest BCUT2D eigenvalue weighted by Crippen LogP contribution is -2.51. The fourth-order valence-electron chi connectivity index (χ4n) is 4.11. The second kappa shape index (κ2) is 10.5. The van der Waals surface area contributed by atoms with Crippen molar-refractivity contribution >= 4 is 45.5 Å². The number of hydrogen-bond donors (Lipinski definition) is 1. The number of likely N-dealkylation sites (N-methyl/N-ethyl adjacent to an activating group) is 1. The van der Waals surface area contributed by atoms with Crippen LogP contribution in [-0.4, -0.2) is 83.7 Å². The number of thiazole rings is 1. The number of amides is 3. The molecule has 4 heterocycles. The molecule has 4 rings (SSSR count). The number of carbonyl (C=O) groups is 3. The molecule has 2 aromatic rings. The van der Waals surface area contributed by atoms with Crippen molar-refractivity contribution in [2.24, 2.45) is 5.92 Å². The van der Waals surface area contributed by atoms with E-state index >= 15 is 0 Å². The molecular weight excluding hydrogens is 446 g/mol. The summed E-state index contributed by atoms with van der Waals surface area (Å²) >= 11 is 2.88. The minimum absolute atomic E-state index is 0.0203. The molecule has 10 heteroatoms. The molecule has 2 aliphatic rings. The lowest BCUT2D eigenvalue weighted by Gasteiger charge is -2.37. The van der Waals surface area contributed by atoms with Crippen LogP contribution in [0.5, 0.6) is 0 Å². The van der Waals surface area contributed by atoms with Crippen LogP contribution in [0.2, 0.25) is 0 Å². The Morgan fingerprint density at radius 2 is 1.78 bits per heavy atom. The molecule has 8 nitrogen and oxygen atoms in total. The number of aromatic nitrogens is 1. The summed E-state index contributed by atoms with van der Waals surface area (Å²) in [6, 6.07) is 3.85. The van der Waals surface area contributed by atoms with Gasteiger partial charge in [0, 0.05) is 55.4 Å². The summed E-state index contributed by atoms with van der Waals surface area (Å²) in [5, 5.41) is 7.10. The van der Waals surface area contributed by atoms with Crippen molar-refractivity contribution < 1.29 is 14.4 Å². The van der Waals surface area contributed by atoms with Crippen molar-refractivity contribution in [3.63, 3.8) is 0 Å². The van der Waals surface area contributed by atoms with Gasteiger partial charge in [0.2, 0.25) is 17.7 Å². The van der Waals surface area contributed by atoms with Gasteiger partial charge in [-0.25, -0.2) is 4.98 Å². The highest BCUT2D eigenvalue weighted by Crippen LogP contribution is 2.22. The molecule has 0 radical (unpaired) electrons. The molecular formula is C22H29N5O3S2. The molecule has 2 fully saturated rings. The number of thiophene rings is 1. The monoisotopic (exact) mass is 475 g/mol. The van der Waals surface area contributed by atoms with E-state index in [1.54, 1.807) is 11.3 Å². The Bertz CT molecular complexity index is 929. The van der Waals surface area contributed by atoms with Crippen LogP contribution < -0.4 is 5.32 Å². The average Bonchev–Trinajstić information content (AvgIpc) is 3.46. The third-order valence-corrected chi connectivity index (χ3v) is 7.74. The highest BCUT2D eigenvalue weighted by Gasteiger charge is 2.31. The SMILES string of the molecule is CN1CCN(C(=O)C2CCN(C(=O)Cc3csc(NC(=O)Cc4cccs4)n3)CC2)CC1. The largest absolute Gasteiger partial charge is 0.342 e. The van der Waals surface area contributed by atoms with Crippen LogP contribution in [0, 0.1) is 5.92 Å². The summed E-state index contributed by atoms with van der Waals surface area (Å²) in [6.45, 7) is 4.66. The summed E-state index contributed by atoms with van der Waals surface area (Å²) in [5.74, 6) is 0.184. The Morgan fingerprint density at radius 3 is 2.47 bits per heavy atom. The van der Waals surface area contributed by atoms with Crippen molar-refractivity contribution in [2.75, 3.05) is 51.6 Å². The zero-order valence-corrected chi connectivity index (χ0v) is 19.9. The molecule has 0 aliphatic carbocycles. The second-order valence-corrected chi connectivity index (χ2v) is 10.3. The zero-order chi connectivity index (χ0) is 22.5. The fraction of sp³-hybridized carbons (Fsp3) is 0.545. The molecule has 3 amide bonds. The van der Waals surface area contributed by atoms with E-state index in [9.17, 15) is 14.4 Å². The van der Waals surface area contributed by atoms with Crippen molar-refractivity contribution in [3.05, 3.63) is 33.5 Å². The van der Waals surface area contributed by atoms with Crippen molar-refractivity contribution in [1.29, 1.82) is 0 Å². The van der Waals surface area contributed by atoms with Crippen molar-refractivity contribution in [1.82, 2.24) is 19.7 Å². The maximum absolute atomic E-state index is 12.8. The van der Waals surface area contributed by atoms with E-state index in [1.807, 2.05) is 32.7 Å². The Kier molecular flexibility index (Phi) is 7.54. The first-order valence-corrected chi connectivity index (χ1v) is 12.8. The maximum atomic E-state index is 12.8. The Hall–Kier alpha value is -2.30. The van der Waals surface area contributed by atoms with Crippen LogP contribution in [0.3, 0.4) is 0 Å². The lowest BCUT2D eigenvalue weighted by atomic mass is 9.94. The van der Waals surface area contributed by atoms with Gasteiger partial charge in [0.15, 0.2) is 5.13 Å². The van der Waals surface area contributed by atoms with E-state index in [4.69, 9.17) is 0 Å². The number of hydrogen-bond acceptors (Lipinski definition) is 7. The van der Waals surface area contributed by atoms with Gasteiger partial charge >= 0.3 is 0 Å². The number of piperidine rings is 1. The predicted molar refractivity (Wildman–Crippen MR) is 126 cm³/mol. The quantitative estimate of drug-likeness (QED) is 0.690. The molecule has 0 bridgehead atoms. The van der Waals surface area contributed by atoms with Gasteiger partial charge < -0.3 is 20.0 Å². The second-order valence-electron chi connectivity index (χ2n) is 8.41. The maximum Gasteiger partial charge on any atom is 0.231 e. The van der Waals surface area contributed by atoms with Crippen LogP contribution in [0.25, 0.3) is 0 Å². The summed E-state index contributed by atoms with van der Waals surface area (Å²) in [4.78, 5) is 49.1. The first kappa shape index (κ1) is 22.9. The van der Waals surface area contributed by atoms with Crippen LogP contribution >= 0.6 is 22.7 Å². The Morgan fingerprint density at radius 1 is 1.03 bits per heavy atom. The first-order valence-electron chi connectivity index (χ1n) is 11.0. The minimum Gasteiger partial charge on any atom is -0.342 e. The number of carbonyl (C=O) groups excluding carboxylic acids is 3. The third kappa shape index (κ3) is 5.93. The summed E-state index contributed by atoms with van der Waals surface area (Å²) in [5.41, 5.74) is 0.669. The first-order chi connectivity index (χ1) is 15.5. The van der Waals surface area contributed by atoms with E-state index in [1.165, 1.54) is 11.3 Å². The highest BCUT2D eigenvalue weighted by molar-refractivity contribution is 7.14. The topological polar surface area (TPSA) is 85.9 Å². The molecule has 2 aromatic heterocycles. The summed E-state index contributed by atoms with van der Waals surface area (Å²) < 4.78 is 0. The molecule has 32 heavy (non-hydrogen) atoms. The van der Waals surface area contributed by atoms with Gasteiger partial charge in [-0.05, 0) is 31.3 Å². The normalized spacial score (nSPS) is 18.0. The van der Waals surface area contributed by atoms with Gasteiger partial charge in [-0.3, -0.25) is 14.4 Å². The number of piperazine rings is 1. The number of rotatable bonds is 6. The molecule has 172 valence electrons. The summed E-state index contributed by atoms with van der Waals surface area (Å²) in [7, 11) is 2.08. The van der Waals surface area contributed by atoms with E-state index in [0.29, 0.717) is 30.3 Å². The van der Waals surface area contributed by atoms with E-state index in [0.717, 1.165) is 43.9 Å². The standard InChI is InChI=1S/C22H29N5O3S2/c1-25-8-10-27(11-9-25)21(30)16-4-6-26(7-5-16)20(29)13-17-15-32-22(23-17)24-19(28)14-18-3-2-12-31-18/h2-3,12,15-16H,4-11,13-14H2,1H3,(H,23,24,28). The smallest absolute Gasteiger partial charge is 0.231 e.